The number of carboxylic acids is 1. The minimum atomic E-state index is -3.63. The highest BCUT2D eigenvalue weighted by molar-refractivity contribution is 7.89. The maximum atomic E-state index is 12.7. The van der Waals surface area contributed by atoms with Crippen molar-refractivity contribution < 1.29 is 23.1 Å². The minimum Gasteiger partial charge on any atom is -0.481 e. The maximum Gasteiger partial charge on any atom is 0.306 e. The number of nitrogens with zero attached hydrogens (tertiary/aromatic N) is 2. The molecule has 1 aromatic carbocycles. The van der Waals surface area contributed by atoms with E-state index in [-0.39, 0.29) is 23.9 Å². The number of rotatable bonds is 4. The molecule has 1 amide bonds. The number of aliphatic carboxylic acids is 1. The number of hydrogen-bond acceptors (Lipinski definition) is 4. The van der Waals surface area contributed by atoms with Crippen molar-refractivity contribution in [2.24, 2.45) is 5.92 Å². The Labute approximate surface area is 140 Å². The van der Waals surface area contributed by atoms with Gasteiger partial charge in [0.25, 0.3) is 0 Å². The molecule has 2 fully saturated rings. The highest BCUT2D eigenvalue weighted by atomic mass is 32.2. The number of sulfonamides is 1. The molecule has 24 heavy (non-hydrogen) atoms. The first-order valence-corrected chi connectivity index (χ1v) is 9.47. The standard InChI is InChI=1S/C16H20N2O5S/c19-15-2-1-9-18(15)13-3-5-14(6-4-13)24(22,23)17-10-7-12(8-11-17)16(20)21/h3-6,12H,1-2,7-11H2,(H,20,21). The predicted octanol–water partition coefficient (Wildman–Crippen LogP) is 1.30. The second kappa shape index (κ2) is 6.52. The van der Waals surface area contributed by atoms with Crippen LogP contribution in [0.4, 0.5) is 5.69 Å². The molecule has 0 atom stereocenters. The molecule has 1 aromatic rings. The third kappa shape index (κ3) is 3.16. The Balaban J connectivity index is 1.73. The number of amides is 1. The van der Waals surface area contributed by atoms with Crippen molar-refractivity contribution >= 4 is 27.6 Å². The third-order valence-electron chi connectivity index (χ3n) is 4.66. The Bertz CT molecular complexity index is 736. The second-order valence-corrected chi connectivity index (χ2v) is 8.10. The number of carboxylic acid groups (broad SMARTS) is 1. The molecule has 1 N–H and O–H groups in total. The molecule has 7 nitrogen and oxygen atoms in total. The first-order chi connectivity index (χ1) is 11.4. The smallest absolute Gasteiger partial charge is 0.306 e. The summed E-state index contributed by atoms with van der Waals surface area (Å²) in [5.41, 5.74) is 0.709. The average molecular weight is 352 g/mol. The van der Waals surface area contributed by atoms with Crippen molar-refractivity contribution in [2.75, 3.05) is 24.5 Å². The van der Waals surface area contributed by atoms with Gasteiger partial charge >= 0.3 is 5.97 Å². The van der Waals surface area contributed by atoms with Gasteiger partial charge in [0.05, 0.1) is 10.8 Å². The van der Waals surface area contributed by atoms with Crippen LogP contribution in [0.3, 0.4) is 0 Å². The van der Waals surface area contributed by atoms with Crippen molar-refractivity contribution in [3.8, 4) is 0 Å². The summed E-state index contributed by atoms with van der Waals surface area (Å²) in [7, 11) is -3.63. The van der Waals surface area contributed by atoms with Crippen LogP contribution < -0.4 is 4.90 Å². The summed E-state index contributed by atoms with van der Waals surface area (Å²) < 4.78 is 26.7. The SMILES string of the molecule is O=C(O)C1CCN(S(=O)(=O)c2ccc(N3CCCC3=O)cc2)CC1. The van der Waals surface area contributed by atoms with E-state index in [4.69, 9.17) is 5.11 Å². The average Bonchev–Trinajstić information content (AvgIpc) is 3.01. The van der Waals surface area contributed by atoms with Crippen LogP contribution >= 0.6 is 0 Å². The normalized spacial score (nSPS) is 20.5. The molecular weight excluding hydrogens is 332 g/mol. The fourth-order valence-electron chi connectivity index (χ4n) is 3.21. The molecule has 130 valence electrons. The Hall–Kier alpha value is -1.93. The zero-order chi connectivity index (χ0) is 17.3. The monoisotopic (exact) mass is 352 g/mol. The number of carbonyl (C=O) groups excluding carboxylic acids is 1. The van der Waals surface area contributed by atoms with Gasteiger partial charge in [-0.1, -0.05) is 0 Å². The fourth-order valence-corrected chi connectivity index (χ4v) is 4.68. The maximum absolute atomic E-state index is 12.7. The van der Waals surface area contributed by atoms with Crippen molar-refractivity contribution in [2.45, 2.75) is 30.6 Å². The number of carbonyl (C=O) groups is 2. The Morgan fingerprint density at radius 2 is 1.71 bits per heavy atom. The topological polar surface area (TPSA) is 95.0 Å². The number of hydrogen-bond donors (Lipinski definition) is 1. The molecule has 2 aliphatic rings. The van der Waals surface area contributed by atoms with Gasteiger partial charge in [-0.3, -0.25) is 9.59 Å². The molecule has 0 spiro atoms. The Kier molecular flexibility index (Phi) is 4.60. The van der Waals surface area contributed by atoms with Gasteiger partial charge in [-0.15, -0.1) is 0 Å². The van der Waals surface area contributed by atoms with Crippen molar-refractivity contribution in [3.05, 3.63) is 24.3 Å². The van der Waals surface area contributed by atoms with Gasteiger partial charge < -0.3 is 10.0 Å². The lowest BCUT2D eigenvalue weighted by Crippen LogP contribution is -2.40. The lowest BCUT2D eigenvalue weighted by atomic mass is 9.99. The van der Waals surface area contributed by atoms with Crippen LogP contribution in [-0.2, 0) is 19.6 Å². The van der Waals surface area contributed by atoms with E-state index in [2.05, 4.69) is 0 Å². The molecule has 0 bridgehead atoms. The molecule has 2 saturated heterocycles. The minimum absolute atomic E-state index is 0.0568. The van der Waals surface area contributed by atoms with Crippen LogP contribution in [0.5, 0.6) is 0 Å². The van der Waals surface area contributed by atoms with E-state index < -0.39 is 21.9 Å². The van der Waals surface area contributed by atoms with Gasteiger partial charge in [0.2, 0.25) is 15.9 Å². The second-order valence-electron chi connectivity index (χ2n) is 6.16. The first-order valence-electron chi connectivity index (χ1n) is 8.03. The molecular formula is C16H20N2O5S. The molecule has 8 heteroatoms. The summed E-state index contributed by atoms with van der Waals surface area (Å²) in [4.78, 5) is 24.5. The van der Waals surface area contributed by atoms with Crippen LogP contribution in [0, 0.1) is 5.92 Å². The predicted molar refractivity (Wildman–Crippen MR) is 87.1 cm³/mol. The molecule has 0 aromatic heterocycles. The van der Waals surface area contributed by atoms with Crippen molar-refractivity contribution in [3.63, 3.8) is 0 Å². The molecule has 0 aliphatic carbocycles. The summed E-state index contributed by atoms with van der Waals surface area (Å²) in [6.07, 6.45) is 2.00. The van der Waals surface area contributed by atoms with E-state index in [1.54, 1.807) is 17.0 Å². The highest BCUT2D eigenvalue weighted by Crippen LogP contribution is 2.27. The van der Waals surface area contributed by atoms with E-state index in [9.17, 15) is 18.0 Å². The van der Waals surface area contributed by atoms with Gasteiger partial charge in [0.15, 0.2) is 0 Å². The molecule has 3 rings (SSSR count). The summed E-state index contributed by atoms with van der Waals surface area (Å²) in [6, 6.07) is 6.33. The van der Waals surface area contributed by atoms with Crippen molar-refractivity contribution in [1.82, 2.24) is 4.31 Å². The van der Waals surface area contributed by atoms with E-state index >= 15 is 0 Å². The zero-order valence-corrected chi connectivity index (χ0v) is 14.0. The lowest BCUT2D eigenvalue weighted by molar-refractivity contribution is -0.142. The molecule has 0 radical (unpaired) electrons. The largest absolute Gasteiger partial charge is 0.481 e. The Morgan fingerprint density at radius 3 is 2.21 bits per heavy atom. The van der Waals surface area contributed by atoms with Crippen LogP contribution in [0.2, 0.25) is 0 Å². The summed E-state index contributed by atoms with van der Waals surface area (Å²) >= 11 is 0. The van der Waals surface area contributed by atoms with E-state index in [1.807, 2.05) is 0 Å². The highest BCUT2D eigenvalue weighted by Gasteiger charge is 2.32. The zero-order valence-electron chi connectivity index (χ0n) is 13.2. The van der Waals surface area contributed by atoms with Crippen LogP contribution in [0.15, 0.2) is 29.2 Å². The fraction of sp³-hybridized carbons (Fsp3) is 0.500. The van der Waals surface area contributed by atoms with Gasteiger partial charge in [0, 0.05) is 31.7 Å². The van der Waals surface area contributed by atoms with E-state index in [0.29, 0.717) is 31.5 Å². The number of benzene rings is 1. The third-order valence-corrected chi connectivity index (χ3v) is 6.58. The van der Waals surface area contributed by atoms with Crippen molar-refractivity contribution in [1.29, 1.82) is 0 Å². The Morgan fingerprint density at radius 1 is 1.08 bits per heavy atom. The summed E-state index contributed by atoms with van der Waals surface area (Å²) in [5, 5.41) is 9.00. The van der Waals surface area contributed by atoms with E-state index in [1.165, 1.54) is 16.4 Å². The van der Waals surface area contributed by atoms with Gasteiger partial charge in [-0.25, -0.2) is 8.42 Å². The van der Waals surface area contributed by atoms with E-state index in [0.717, 1.165) is 6.42 Å². The quantitative estimate of drug-likeness (QED) is 0.881. The molecule has 2 aliphatic heterocycles. The number of piperidine rings is 1. The first kappa shape index (κ1) is 16.9. The summed E-state index contributed by atoms with van der Waals surface area (Å²) in [6.45, 7) is 1.09. The lowest BCUT2D eigenvalue weighted by Gasteiger charge is -2.29. The molecule has 0 saturated carbocycles. The van der Waals surface area contributed by atoms with Crippen LogP contribution in [0.1, 0.15) is 25.7 Å². The van der Waals surface area contributed by atoms with Gasteiger partial charge in [-0.05, 0) is 43.5 Å². The summed E-state index contributed by atoms with van der Waals surface area (Å²) in [5.74, 6) is -1.28. The van der Waals surface area contributed by atoms with Crippen LogP contribution in [-0.4, -0.2) is 49.3 Å². The molecule has 2 heterocycles. The number of anilines is 1. The van der Waals surface area contributed by atoms with Gasteiger partial charge in [0.1, 0.15) is 0 Å². The van der Waals surface area contributed by atoms with Gasteiger partial charge in [-0.2, -0.15) is 4.31 Å². The molecule has 0 unspecified atom stereocenters. The van der Waals surface area contributed by atoms with Crippen LogP contribution in [0.25, 0.3) is 0 Å².